The molecule has 1 heterocycles. The number of halogens is 3. The summed E-state index contributed by atoms with van der Waals surface area (Å²) >= 11 is 17.5. The van der Waals surface area contributed by atoms with Gasteiger partial charge in [-0.05, 0) is 23.8 Å². The normalized spacial score (nSPS) is 10.5. The Morgan fingerprint density at radius 3 is 2.76 bits per heavy atom. The Balaban J connectivity index is 2.41. The predicted molar refractivity (Wildman–Crippen MR) is 69.1 cm³/mol. The van der Waals surface area contributed by atoms with Gasteiger partial charge in [0.2, 0.25) is 0 Å². The third kappa shape index (κ3) is 2.80. The molecule has 1 aromatic heterocycles. The van der Waals surface area contributed by atoms with Crippen LogP contribution in [0.15, 0.2) is 35.4 Å². The first-order chi connectivity index (χ1) is 8.08. The maximum absolute atomic E-state index is 11.7. The zero-order valence-electron chi connectivity index (χ0n) is 8.53. The number of hydrogen-bond acceptors (Lipinski definition) is 2. The van der Waals surface area contributed by atoms with Crippen LogP contribution >= 0.6 is 34.8 Å². The topological polar surface area (TPSA) is 34.9 Å². The van der Waals surface area contributed by atoms with E-state index in [2.05, 4.69) is 4.98 Å². The standard InChI is InChI=1S/C11H7Cl3N2O/c12-8-1-2-9(13)7(5-8)6-16-4-3-15-10(14)11(16)17/h1-5H,6H2. The first-order valence-corrected chi connectivity index (χ1v) is 5.86. The molecule has 0 N–H and O–H groups in total. The lowest BCUT2D eigenvalue weighted by atomic mass is 10.2. The van der Waals surface area contributed by atoms with Gasteiger partial charge < -0.3 is 4.57 Å². The molecule has 0 unspecified atom stereocenters. The summed E-state index contributed by atoms with van der Waals surface area (Å²) in [7, 11) is 0. The van der Waals surface area contributed by atoms with Crippen LogP contribution in [-0.4, -0.2) is 9.55 Å². The molecular weight excluding hydrogens is 282 g/mol. The Morgan fingerprint density at radius 2 is 2.00 bits per heavy atom. The predicted octanol–water partition coefficient (Wildman–Crippen LogP) is 3.25. The van der Waals surface area contributed by atoms with Gasteiger partial charge in [-0.1, -0.05) is 34.8 Å². The van der Waals surface area contributed by atoms with E-state index in [0.29, 0.717) is 16.6 Å². The molecule has 2 aromatic rings. The van der Waals surface area contributed by atoms with Crippen molar-refractivity contribution in [2.45, 2.75) is 6.54 Å². The van der Waals surface area contributed by atoms with Gasteiger partial charge in [0.25, 0.3) is 5.56 Å². The Labute approximate surface area is 113 Å². The Kier molecular flexibility index (Phi) is 3.72. The third-order valence-electron chi connectivity index (χ3n) is 2.22. The fourth-order valence-corrected chi connectivity index (χ4v) is 1.93. The van der Waals surface area contributed by atoms with Crippen molar-refractivity contribution in [1.29, 1.82) is 0 Å². The van der Waals surface area contributed by atoms with Crippen molar-refractivity contribution >= 4 is 34.8 Å². The van der Waals surface area contributed by atoms with Gasteiger partial charge >= 0.3 is 0 Å². The average Bonchev–Trinajstić information content (AvgIpc) is 2.30. The first kappa shape index (κ1) is 12.4. The van der Waals surface area contributed by atoms with Crippen LogP contribution in [0.5, 0.6) is 0 Å². The van der Waals surface area contributed by atoms with Crippen molar-refractivity contribution in [3.63, 3.8) is 0 Å². The van der Waals surface area contributed by atoms with E-state index in [-0.39, 0.29) is 10.7 Å². The summed E-state index contributed by atoms with van der Waals surface area (Å²) < 4.78 is 1.42. The quantitative estimate of drug-likeness (QED) is 0.850. The maximum atomic E-state index is 11.7. The largest absolute Gasteiger partial charge is 0.307 e. The molecule has 0 spiro atoms. The highest BCUT2D eigenvalue weighted by Crippen LogP contribution is 2.21. The summed E-state index contributed by atoms with van der Waals surface area (Å²) in [5, 5.41) is 1.05. The molecule has 3 nitrogen and oxygen atoms in total. The second-order valence-electron chi connectivity index (χ2n) is 3.39. The lowest BCUT2D eigenvalue weighted by Crippen LogP contribution is -2.21. The van der Waals surface area contributed by atoms with Gasteiger partial charge in [0.1, 0.15) is 0 Å². The van der Waals surface area contributed by atoms with Gasteiger partial charge in [-0.15, -0.1) is 0 Å². The van der Waals surface area contributed by atoms with Crippen LogP contribution in [-0.2, 0) is 6.54 Å². The summed E-state index contributed by atoms with van der Waals surface area (Å²) in [6.07, 6.45) is 3.01. The molecule has 0 bridgehead atoms. The lowest BCUT2D eigenvalue weighted by molar-refractivity contribution is 0.748. The highest BCUT2D eigenvalue weighted by molar-refractivity contribution is 6.33. The zero-order chi connectivity index (χ0) is 12.4. The van der Waals surface area contributed by atoms with E-state index in [4.69, 9.17) is 34.8 Å². The second kappa shape index (κ2) is 5.08. The van der Waals surface area contributed by atoms with Crippen LogP contribution in [0.4, 0.5) is 0 Å². The Bertz CT molecular complexity index is 610. The van der Waals surface area contributed by atoms with Gasteiger partial charge in [0.05, 0.1) is 6.54 Å². The van der Waals surface area contributed by atoms with Crippen molar-refractivity contribution in [3.05, 3.63) is 61.7 Å². The molecule has 0 fully saturated rings. The van der Waals surface area contributed by atoms with E-state index in [1.165, 1.54) is 10.8 Å². The van der Waals surface area contributed by atoms with Crippen molar-refractivity contribution in [2.75, 3.05) is 0 Å². The SMILES string of the molecule is O=c1c(Cl)nccn1Cc1cc(Cl)ccc1Cl. The summed E-state index contributed by atoms with van der Waals surface area (Å²) in [4.78, 5) is 15.4. The first-order valence-electron chi connectivity index (χ1n) is 4.73. The molecule has 88 valence electrons. The monoisotopic (exact) mass is 288 g/mol. The van der Waals surface area contributed by atoms with Gasteiger partial charge in [-0.25, -0.2) is 4.98 Å². The van der Waals surface area contributed by atoms with Gasteiger partial charge in [-0.3, -0.25) is 4.79 Å². The van der Waals surface area contributed by atoms with Crippen LogP contribution < -0.4 is 5.56 Å². The third-order valence-corrected chi connectivity index (χ3v) is 3.08. The van der Waals surface area contributed by atoms with Crippen LogP contribution in [0.3, 0.4) is 0 Å². The zero-order valence-corrected chi connectivity index (χ0v) is 10.8. The Morgan fingerprint density at radius 1 is 1.24 bits per heavy atom. The van der Waals surface area contributed by atoms with Crippen LogP contribution in [0, 0.1) is 0 Å². The fraction of sp³-hybridized carbons (Fsp3) is 0.0909. The molecule has 0 radical (unpaired) electrons. The van der Waals surface area contributed by atoms with E-state index in [1.807, 2.05) is 0 Å². The average molecular weight is 290 g/mol. The molecule has 0 atom stereocenters. The molecular formula is C11H7Cl3N2O. The summed E-state index contributed by atoms with van der Waals surface area (Å²) in [6, 6.07) is 5.09. The minimum atomic E-state index is -0.356. The smallest absolute Gasteiger partial charge is 0.288 e. The highest BCUT2D eigenvalue weighted by atomic mass is 35.5. The van der Waals surface area contributed by atoms with Crippen LogP contribution in [0.1, 0.15) is 5.56 Å². The van der Waals surface area contributed by atoms with Crippen molar-refractivity contribution < 1.29 is 0 Å². The number of benzene rings is 1. The number of nitrogens with zero attached hydrogens (tertiary/aromatic N) is 2. The second-order valence-corrected chi connectivity index (χ2v) is 4.59. The number of rotatable bonds is 2. The van der Waals surface area contributed by atoms with Gasteiger partial charge in [-0.2, -0.15) is 0 Å². The van der Waals surface area contributed by atoms with Crippen LogP contribution in [0.2, 0.25) is 15.2 Å². The molecule has 0 aliphatic carbocycles. The minimum Gasteiger partial charge on any atom is -0.307 e. The lowest BCUT2D eigenvalue weighted by Gasteiger charge is -2.07. The van der Waals surface area contributed by atoms with E-state index in [0.717, 1.165) is 5.56 Å². The Hall–Kier alpha value is -1.03. The number of aromatic nitrogens is 2. The summed E-state index contributed by atoms with van der Waals surface area (Å²) in [6.45, 7) is 0.306. The van der Waals surface area contributed by atoms with Gasteiger partial charge in [0.15, 0.2) is 5.15 Å². The maximum Gasteiger partial charge on any atom is 0.288 e. The van der Waals surface area contributed by atoms with Crippen LogP contribution in [0.25, 0.3) is 0 Å². The molecule has 17 heavy (non-hydrogen) atoms. The molecule has 0 aliphatic rings. The molecule has 1 aromatic carbocycles. The van der Waals surface area contributed by atoms with Gasteiger partial charge in [0, 0.05) is 22.4 Å². The van der Waals surface area contributed by atoms with E-state index in [9.17, 15) is 4.79 Å². The van der Waals surface area contributed by atoms with Crippen molar-refractivity contribution in [1.82, 2.24) is 9.55 Å². The fourth-order valence-electron chi connectivity index (χ4n) is 1.39. The highest BCUT2D eigenvalue weighted by Gasteiger charge is 2.06. The minimum absolute atomic E-state index is 0.0642. The molecule has 0 amide bonds. The molecule has 0 saturated carbocycles. The van der Waals surface area contributed by atoms with E-state index >= 15 is 0 Å². The van der Waals surface area contributed by atoms with E-state index < -0.39 is 0 Å². The number of hydrogen-bond donors (Lipinski definition) is 0. The van der Waals surface area contributed by atoms with E-state index in [1.54, 1.807) is 24.4 Å². The molecule has 0 aliphatic heterocycles. The van der Waals surface area contributed by atoms with Crippen molar-refractivity contribution in [2.24, 2.45) is 0 Å². The summed E-state index contributed by atoms with van der Waals surface area (Å²) in [5.74, 6) is 0. The molecule has 6 heteroatoms. The summed E-state index contributed by atoms with van der Waals surface area (Å²) in [5.41, 5.74) is 0.397. The molecule has 0 saturated heterocycles. The van der Waals surface area contributed by atoms with Crippen molar-refractivity contribution in [3.8, 4) is 0 Å². The molecule has 2 rings (SSSR count).